The minimum absolute atomic E-state index is 0.0553. The van der Waals surface area contributed by atoms with E-state index < -0.39 is 17.6 Å². The molecule has 0 bridgehead atoms. The van der Waals surface area contributed by atoms with E-state index in [4.69, 9.17) is 11.6 Å². The zero-order valence-corrected chi connectivity index (χ0v) is 19.7. The Hall–Kier alpha value is -2.51. The number of carbonyl (C=O) groups is 1. The number of carbonyl (C=O) groups excluding carboxylic acids is 1. The standard InChI is InChI=1S/C24H28ClFN4O2/c1-13(2)22-18(12-27-30(22)16-8-6-15(26)7-9-16)29-11-10-17(23(29)31)21-19(24(4,5)32)20(25)14(3)28-21/h6-9,12-13,17,21,32H,10-11H2,1-5H3. The van der Waals surface area contributed by atoms with Gasteiger partial charge in [0.05, 0.1) is 51.6 Å². The number of nitrogens with zero attached hydrogens (tertiary/aromatic N) is 4. The highest BCUT2D eigenvalue weighted by Crippen LogP contribution is 2.42. The topological polar surface area (TPSA) is 70.7 Å². The van der Waals surface area contributed by atoms with Gasteiger partial charge in [0, 0.05) is 12.1 Å². The van der Waals surface area contributed by atoms with Gasteiger partial charge in [-0.1, -0.05) is 25.4 Å². The van der Waals surface area contributed by atoms with Crippen LogP contribution in [0.5, 0.6) is 0 Å². The van der Waals surface area contributed by atoms with Crippen LogP contribution in [0.25, 0.3) is 5.69 Å². The zero-order chi connectivity index (χ0) is 23.4. The van der Waals surface area contributed by atoms with Gasteiger partial charge in [0.15, 0.2) is 0 Å². The van der Waals surface area contributed by atoms with Crippen molar-refractivity contribution in [1.82, 2.24) is 9.78 Å². The molecule has 0 radical (unpaired) electrons. The molecule has 1 fully saturated rings. The Morgan fingerprint density at radius 2 is 1.91 bits per heavy atom. The third kappa shape index (κ3) is 3.77. The quantitative estimate of drug-likeness (QED) is 0.712. The molecule has 1 N–H and O–H groups in total. The molecule has 2 aromatic rings. The number of amides is 1. The van der Waals surface area contributed by atoms with Crippen molar-refractivity contribution >= 4 is 28.9 Å². The first-order chi connectivity index (χ1) is 15.0. The van der Waals surface area contributed by atoms with E-state index >= 15 is 0 Å². The molecule has 32 heavy (non-hydrogen) atoms. The minimum atomic E-state index is -1.17. The Balaban J connectivity index is 1.69. The van der Waals surface area contributed by atoms with Crippen molar-refractivity contribution in [3.63, 3.8) is 0 Å². The second-order valence-electron chi connectivity index (χ2n) is 9.29. The number of hydrogen-bond donors (Lipinski definition) is 1. The van der Waals surface area contributed by atoms with E-state index in [1.807, 2.05) is 13.8 Å². The summed E-state index contributed by atoms with van der Waals surface area (Å²) in [6.45, 7) is 9.75. The molecule has 0 aliphatic carbocycles. The van der Waals surface area contributed by atoms with Gasteiger partial charge in [0.1, 0.15) is 5.82 Å². The second kappa shape index (κ2) is 8.12. The predicted molar refractivity (Wildman–Crippen MR) is 124 cm³/mol. The molecule has 1 saturated heterocycles. The molecule has 2 atom stereocenters. The van der Waals surface area contributed by atoms with E-state index in [1.165, 1.54) is 12.1 Å². The van der Waals surface area contributed by atoms with Crippen molar-refractivity contribution < 1.29 is 14.3 Å². The first kappa shape index (κ1) is 22.7. The van der Waals surface area contributed by atoms with Gasteiger partial charge >= 0.3 is 0 Å². The third-order valence-electron chi connectivity index (χ3n) is 6.16. The summed E-state index contributed by atoms with van der Waals surface area (Å²) in [7, 11) is 0. The number of halogens is 2. The number of aromatic nitrogens is 2. The number of anilines is 1. The Morgan fingerprint density at radius 1 is 1.25 bits per heavy atom. The Kier molecular flexibility index (Phi) is 5.75. The van der Waals surface area contributed by atoms with Crippen molar-refractivity contribution in [2.45, 2.75) is 58.6 Å². The lowest BCUT2D eigenvalue weighted by Gasteiger charge is -2.28. The molecule has 0 saturated carbocycles. The van der Waals surface area contributed by atoms with Gasteiger partial charge in [-0.2, -0.15) is 5.10 Å². The first-order valence-corrected chi connectivity index (χ1v) is 11.2. The summed E-state index contributed by atoms with van der Waals surface area (Å²) in [5, 5.41) is 15.7. The van der Waals surface area contributed by atoms with Crippen molar-refractivity contribution in [3.05, 3.63) is 52.6 Å². The van der Waals surface area contributed by atoms with Crippen LogP contribution < -0.4 is 4.90 Å². The van der Waals surface area contributed by atoms with Crippen molar-refractivity contribution in [3.8, 4) is 5.69 Å². The molecule has 1 aromatic heterocycles. The summed E-state index contributed by atoms with van der Waals surface area (Å²) in [6.07, 6.45) is 2.30. The average molecular weight is 459 g/mol. The summed E-state index contributed by atoms with van der Waals surface area (Å²) in [6, 6.07) is 5.66. The second-order valence-corrected chi connectivity index (χ2v) is 9.67. The van der Waals surface area contributed by atoms with Crippen molar-refractivity contribution in [2.24, 2.45) is 10.9 Å². The van der Waals surface area contributed by atoms with Crippen molar-refractivity contribution in [1.29, 1.82) is 0 Å². The predicted octanol–water partition coefficient (Wildman–Crippen LogP) is 4.59. The lowest BCUT2D eigenvalue weighted by atomic mass is 9.84. The van der Waals surface area contributed by atoms with Gasteiger partial charge in [-0.25, -0.2) is 9.07 Å². The summed E-state index contributed by atoms with van der Waals surface area (Å²) in [4.78, 5) is 20.0. The van der Waals surface area contributed by atoms with Crippen LogP contribution in [0.1, 0.15) is 52.7 Å². The van der Waals surface area contributed by atoms with E-state index in [9.17, 15) is 14.3 Å². The molecule has 2 aliphatic rings. The number of aliphatic hydroxyl groups is 1. The Morgan fingerprint density at radius 3 is 2.50 bits per heavy atom. The minimum Gasteiger partial charge on any atom is -0.386 e. The van der Waals surface area contributed by atoms with E-state index in [2.05, 4.69) is 10.1 Å². The van der Waals surface area contributed by atoms with Crippen LogP contribution in [0.2, 0.25) is 0 Å². The molecule has 1 aromatic carbocycles. The monoisotopic (exact) mass is 458 g/mol. The van der Waals surface area contributed by atoms with Crippen LogP contribution in [-0.4, -0.2) is 44.7 Å². The third-order valence-corrected chi connectivity index (χ3v) is 6.64. The Labute approximate surface area is 192 Å². The molecule has 3 heterocycles. The van der Waals surface area contributed by atoms with Gasteiger partial charge < -0.3 is 10.0 Å². The van der Waals surface area contributed by atoms with Gasteiger partial charge in [-0.15, -0.1) is 0 Å². The van der Waals surface area contributed by atoms with E-state index in [0.29, 0.717) is 29.3 Å². The van der Waals surface area contributed by atoms with Crippen LogP contribution in [0.3, 0.4) is 0 Å². The molecule has 4 rings (SSSR count). The highest BCUT2D eigenvalue weighted by atomic mass is 35.5. The van der Waals surface area contributed by atoms with Crippen LogP contribution in [-0.2, 0) is 4.79 Å². The molecule has 2 aliphatic heterocycles. The smallest absolute Gasteiger partial charge is 0.232 e. The van der Waals surface area contributed by atoms with Crippen LogP contribution in [0, 0.1) is 11.7 Å². The van der Waals surface area contributed by atoms with Gasteiger partial charge in [0.2, 0.25) is 5.91 Å². The highest BCUT2D eigenvalue weighted by Gasteiger charge is 2.46. The average Bonchev–Trinajstić information content (AvgIpc) is 3.37. The van der Waals surface area contributed by atoms with E-state index in [0.717, 1.165) is 17.1 Å². The maximum Gasteiger partial charge on any atom is 0.232 e. The summed E-state index contributed by atoms with van der Waals surface area (Å²) < 4.78 is 15.2. The number of aliphatic imine (C=N–C) groups is 1. The lowest BCUT2D eigenvalue weighted by molar-refractivity contribution is -0.120. The summed E-state index contributed by atoms with van der Waals surface area (Å²) >= 11 is 6.46. The fourth-order valence-corrected chi connectivity index (χ4v) is 5.09. The number of benzene rings is 1. The summed E-state index contributed by atoms with van der Waals surface area (Å²) in [5.41, 5.74) is 2.44. The van der Waals surface area contributed by atoms with Crippen LogP contribution >= 0.6 is 11.6 Å². The van der Waals surface area contributed by atoms with E-state index in [-0.39, 0.29) is 17.6 Å². The van der Waals surface area contributed by atoms with Crippen molar-refractivity contribution in [2.75, 3.05) is 11.4 Å². The van der Waals surface area contributed by atoms with Gasteiger partial charge in [0.25, 0.3) is 0 Å². The molecule has 0 spiro atoms. The SMILES string of the molecule is CC1=NC(C2CCN(c3cnn(-c4ccc(F)cc4)c3C(C)C)C2=O)C(C(C)(C)O)=C1Cl. The molecule has 8 heteroatoms. The lowest BCUT2D eigenvalue weighted by Crippen LogP contribution is -2.37. The first-order valence-electron chi connectivity index (χ1n) is 10.8. The van der Waals surface area contributed by atoms with Gasteiger partial charge in [-0.05, 0) is 57.4 Å². The maximum absolute atomic E-state index is 13.6. The number of hydrogen-bond acceptors (Lipinski definition) is 4. The highest BCUT2D eigenvalue weighted by molar-refractivity contribution is 6.44. The number of rotatable bonds is 5. The molecular weight excluding hydrogens is 431 g/mol. The fraction of sp³-hybridized carbons (Fsp3) is 0.458. The largest absolute Gasteiger partial charge is 0.386 e. The molecule has 2 unspecified atom stereocenters. The fourth-order valence-electron chi connectivity index (χ4n) is 4.70. The van der Waals surface area contributed by atoms with Crippen LogP contribution in [0.4, 0.5) is 10.1 Å². The summed E-state index contributed by atoms with van der Waals surface area (Å²) in [5.74, 6) is -0.694. The van der Waals surface area contributed by atoms with E-state index in [1.54, 1.807) is 48.7 Å². The zero-order valence-electron chi connectivity index (χ0n) is 18.9. The normalized spacial score (nSPS) is 21.8. The maximum atomic E-state index is 13.6. The molecule has 6 nitrogen and oxygen atoms in total. The number of allylic oxidation sites excluding steroid dienone is 1. The Bertz CT molecular complexity index is 1110. The molecule has 170 valence electrons. The van der Waals surface area contributed by atoms with Gasteiger partial charge in [-0.3, -0.25) is 9.79 Å². The molecule has 1 amide bonds. The van der Waals surface area contributed by atoms with Crippen LogP contribution in [0.15, 0.2) is 46.1 Å². The molecular formula is C24H28ClFN4O2.